The zero-order valence-corrected chi connectivity index (χ0v) is 33.1. The lowest BCUT2D eigenvalue weighted by Gasteiger charge is -2.34. The first-order valence-electron chi connectivity index (χ1n) is 18.0. The van der Waals surface area contributed by atoms with Crippen molar-refractivity contribution in [3.63, 3.8) is 0 Å². The number of nitrogens with one attached hydrogen (secondary N) is 2. The third-order valence-corrected chi connectivity index (χ3v) is 8.31. The van der Waals surface area contributed by atoms with E-state index < -0.39 is 53.7 Å². The Balaban J connectivity index is 3.65. The van der Waals surface area contributed by atoms with Gasteiger partial charge in [-0.25, -0.2) is 19.3 Å². The van der Waals surface area contributed by atoms with E-state index in [1.807, 2.05) is 53.7 Å². The first-order valence-corrected chi connectivity index (χ1v) is 18.0. The van der Waals surface area contributed by atoms with Gasteiger partial charge in [-0.2, -0.15) is 0 Å². The minimum absolute atomic E-state index is 0.00515. The molecule has 0 bridgehead atoms. The lowest BCUT2D eigenvalue weighted by molar-refractivity contribution is -0.519. The van der Waals surface area contributed by atoms with Crippen LogP contribution in [0.3, 0.4) is 0 Å². The van der Waals surface area contributed by atoms with Crippen molar-refractivity contribution in [2.75, 3.05) is 34.0 Å². The summed E-state index contributed by atoms with van der Waals surface area (Å²) in [6.07, 6.45) is -5.32. The zero-order valence-electron chi connectivity index (χ0n) is 33.1. The summed E-state index contributed by atoms with van der Waals surface area (Å²) < 4.78 is 32.6. The van der Waals surface area contributed by atoms with Crippen LogP contribution in [0.15, 0.2) is 18.2 Å². The van der Waals surface area contributed by atoms with E-state index in [4.69, 9.17) is 49.3 Å². The molecule has 2 amide bonds. The van der Waals surface area contributed by atoms with Crippen molar-refractivity contribution in [3.8, 4) is 11.5 Å². The van der Waals surface area contributed by atoms with Crippen LogP contribution in [0.2, 0.25) is 0 Å². The summed E-state index contributed by atoms with van der Waals surface area (Å²) in [5.74, 6) is -0.205. The van der Waals surface area contributed by atoms with Crippen LogP contribution in [-0.2, 0) is 39.8 Å². The van der Waals surface area contributed by atoms with Crippen LogP contribution in [0, 0.1) is 29.6 Å². The fraction of sp³-hybridized carbons (Fsp3) is 0.743. The molecular formula is C35H62N4O15. The Morgan fingerprint density at radius 1 is 0.778 bits per heavy atom. The van der Waals surface area contributed by atoms with Gasteiger partial charge >= 0.3 is 12.2 Å². The molecule has 0 fully saturated rings. The number of alkyl carbamates (subject to hydrolysis) is 1. The van der Waals surface area contributed by atoms with Gasteiger partial charge < -0.3 is 39.1 Å². The maximum atomic E-state index is 13.5. The SMILES string of the molecule is COCCCOc1cc(CC(CC(NC(=O)OC(C)ON(O)O)C(CC(C(=O)NCC(C)C)C(C)C)OC(=O)OC(C)ON(O)O)C(C)C)ccc1OC. The second-order valence-corrected chi connectivity index (χ2v) is 13.9. The Hall–Kier alpha value is -3.53. The minimum atomic E-state index is -1.51. The second-order valence-electron chi connectivity index (χ2n) is 13.9. The smallest absolute Gasteiger partial charge is 0.493 e. The number of carbonyl (C=O) groups excluding carboxylic acids is 3. The maximum Gasteiger partial charge on any atom is 0.510 e. The highest BCUT2D eigenvalue weighted by molar-refractivity contribution is 5.79. The molecule has 0 radical (unpaired) electrons. The highest BCUT2D eigenvalue weighted by Gasteiger charge is 2.37. The fourth-order valence-corrected chi connectivity index (χ4v) is 5.46. The van der Waals surface area contributed by atoms with Gasteiger partial charge in [-0.15, -0.1) is 0 Å². The first-order chi connectivity index (χ1) is 25.4. The molecule has 0 aliphatic carbocycles. The molecule has 19 nitrogen and oxygen atoms in total. The molecule has 0 aromatic heterocycles. The van der Waals surface area contributed by atoms with Gasteiger partial charge in [0.1, 0.15) is 6.10 Å². The van der Waals surface area contributed by atoms with E-state index >= 15 is 0 Å². The monoisotopic (exact) mass is 778 g/mol. The summed E-state index contributed by atoms with van der Waals surface area (Å²) in [4.78, 5) is 49.0. The molecule has 6 atom stereocenters. The van der Waals surface area contributed by atoms with Gasteiger partial charge in [0, 0.05) is 46.4 Å². The van der Waals surface area contributed by atoms with Gasteiger partial charge in [0.05, 0.1) is 30.5 Å². The zero-order chi connectivity index (χ0) is 41.0. The lowest BCUT2D eigenvalue weighted by Crippen LogP contribution is -2.50. The standard InChI is InChI=1S/C35H62N4O15/c1-21(2)20-36-33(40)28(23(5)6)19-31(52-35(42)51-25(8)54-39(45)46)29(37-34(41)50-24(7)53-38(43)44)18-27(22(3)4)16-26-12-13-30(48-10)32(17-26)49-15-11-14-47-9/h12-13,17,21-25,27-29,31,43-46H,11,14-16,18-20H2,1-10H3,(H,36,40)(H,37,41). The number of benzene rings is 1. The van der Waals surface area contributed by atoms with E-state index in [1.165, 1.54) is 13.8 Å². The van der Waals surface area contributed by atoms with Gasteiger partial charge in [-0.1, -0.05) is 47.6 Å². The van der Waals surface area contributed by atoms with Crippen LogP contribution >= 0.6 is 0 Å². The molecule has 1 rings (SSSR count). The minimum Gasteiger partial charge on any atom is -0.493 e. The van der Waals surface area contributed by atoms with Crippen molar-refractivity contribution >= 4 is 18.2 Å². The average molecular weight is 779 g/mol. The number of ether oxygens (including phenoxy) is 6. The molecule has 0 spiro atoms. The summed E-state index contributed by atoms with van der Waals surface area (Å²) in [6, 6.07) is 4.54. The van der Waals surface area contributed by atoms with Crippen molar-refractivity contribution in [1.82, 2.24) is 21.4 Å². The largest absolute Gasteiger partial charge is 0.510 e. The predicted molar refractivity (Wildman–Crippen MR) is 189 cm³/mol. The van der Waals surface area contributed by atoms with E-state index in [9.17, 15) is 14.4 Å². The highest BCUT2D eigenvalue weighted by Crippen LogP contribution is 2.33. The molecule has 0 heterocycles. The molecule has 0 aliphatic rings. The molecule has 6 N–H and O–H groups in total. The first kappa shape index (κ1) is 48.5. The van der Waals surface area contributed by atoms with Crippen molar-refractivity contribution in [2.24, 2.45) is 29.6 Å². The second kappa shape index (κ2) is 25.5. The number of rotatable bonds is 26. The van der Waals surface area contributed by atoms with Crippen LogP contribution in [0.4, 0.5) is 9.59 Å². The van der Waals surface area contributed by atoms with Gasteiger partial charge in [-0.05, 0) is 60.6 Å². The maximum absolute atomic E-state index is 13.5. The molecule has 19 heteroatoms. The molecular weight excluding hydrogens is 716 g/mol. The van der Waals surface area contributed by atoms with E-state index in [1.54, 1.807) is 20.3 Å². The molecule has 1 aromatic carbocycles. The third kappa shape index (κ3) is 19.7. The summed E-state index contributed by atoms with van der Waals surface area (Å²) in [7, 11) is 3.16. The van der Waals surface area contributed by atoms with Crippen molar-refractivity contribution < 1.29 is 73.3 Å². The summed E-state index contributed by atoms with van der Waals surface area (Å²) in [6.45, 7) is 15.3. The van der Waals surface area contributed by atoms with Crippen molar-refractivity contribution in [3.05, 3.63) is 23.8 Å². The quantitative estimate of drug-likeness (QED) is 0.0311. The van der Waals surface area contributed by atoms with Gasteiger partial charge in [-0.3, -0.25) is 25.6 Å². The number of amides is 2. The van der Waals surface area contributed by atoms with Crippen molar-refractivity contribution in [2.45, 2.75) is 106 Å². The third-order valence-electron chi connectivity index (χ3n) is 8.31. The van der Waals surface area contributed by atoms with E-state index in [0.29, 0.717) is 44.1 Å². The normalized spacial score (nSPS) is 15.1. The number of hydrogen-bond donors (Lipinski definition) is 6. The summed E-state index contributed by atoms with van der Waals surface area (Å²) >= 11 is 0. The average Bonchev–Trinajstić information content (AvgIpc) is 3.05. The van der Waals surface area contributed by atoms with Crippen LogP contribution in [0.25, 0.3) is 0 Å². The fourth-order valence-electron chi connectivity index (χ4n) is 5.46. The predicted octanol–water partition coefficient (Wildman–Crippen LogP) is 5.08. The van der Waals surface area contributed by atoms with Gasteiger partial charge in [0.2, 0.25) is 18.5 Å². The molecule has 54 heavy (non-hydrogen) atoms. The Bertz CT molecular complexity index is 1240. The Morgan fingerprint density at radius 3 is 1.94 bits per heavy atom. The Morgan fingerprint density at radius 2 is 1.41 bits per heavy atom. The summed E-state index contributed by atoms with van der Waals surface area (Å²) in [5.41, 5.74) is 0.888. The van der Waals surface area contributed by atoms with Gasteiger partial charge in [0.25, 0.3) is 0 Å². The van der Waals surface area contributed by atoms with E-state index in [2.05, 4.69) is 20.3 Å². The van der Waals surface area contributed by atoms with E-state index in [0.717, 1.165) is 5.56 Å². The number of hydrogen-bond acceptors (Lipinski definition) is 17. The molecule has 0 saturated carbocycles. The number of nitrogens with zero attached hydrogens (tertiary/aromatic N) is 2. The number of carbonyl (C=O) groups is 3. The Kier molecular flexibility index (Phi) is 22.9. The topological polar surface area (TPSA) is 237 Å². The lowest BCUT2D eigenvalue weighted by atomic mass is 9.80. The van der Waals surface area contributed by atoms with Crippen LogP contribution in [-0.4, -0.2) is 108 Å². The van der Waals surface area contributed by atoms with Crippen LogP contribution < -0.4 is 20.1 Å². The van der Waals surface area contributed by atoms with Crippen LogP contribution in [0.5, 0.6) is 11.5 Å². The molecule has 312 valence electrons. The number of methoxy groups -OCH3 is 2. The molecule has 0 aliphatic heterocycles. The summed E-state index contributed by atoms with van der Waals surface area (Å²) in [5, 5.41) is 40.5. The van der Waals surface area contributed by atoms with Gasteiger partial charge in [0.15, 0.2) is 11.5 Å². The van der Waals surface area contributed by atoms with Crippen LogP contribution in [0.1, 0.15) is 80.2 Å². The van der Waals surface area contributed by atoms with Crippen molar-refractivity contribution in [1.29, 1.82) is 0 Å². The highest BCUT2D eigenvalue weighted by atomic mass is 17.1. The molecule has 0 saturated heterocycles. The van der Waals surface area contributed by atoms with E-state index in [-0.39, 0.29) is 42.4 Å². The Labute approximate surface area is 317 Å². The molecule has 1 aromatic rings. The molecule has 6 unspecified atom stereocenters.